The van der Waals surface area contributed by atoms with Crippen molar-refractivity contribution in [2.45, 2.75) is 45.2 Å². The first-order valence-electron chi connectivity index (χ1n) is 10.7. The van der Waals surface area contributed by atoms with Gasteiger partial charge in [-0.05, 0) is 44.6 Å². The molecule has 0 radical (unpaired) electrons. The van der Waals surface area contributed by atoms with Crippen LogP contribution in [-0.4, -0.2) is 63.4 Å². The summed E-state index contributed by atoms with van der Waals surface area (Å²) in [5.74, 6) is 2.63. The third-order valence-corrected chi connectivity index (χ3v) is 5.44. The largest absolute Gasteiger partial charge is 0.493 e. The van der Waals surface area contributed by atoms with Gasteiger partial charge in [-0.2, -0.15) is 0 Å². The summed E-state index contributed by atoms with van der Waals surface area (Å²) in [7, 11) is 1.77. The Morgan fingerprint density at radius 1 is 1.18 bits per heavy atom. The van der Waals surface area contributed by atoms with Crippen molar-refractivity contribution in [3.05, 3.63) is 29.8 Å². The second-order valence-electron chi connectivity index (χ2n) is 7.81. The third kappa shape index (κ3) is 6.99. The van der Waals surface area contributed by atoms with E-state index in [4.69, 9.17) is 14.5 Å². The number of ether oxygens (including phenoxy) is 2. The first-order chi connectivity index (χ1) is 13.8. The number of benzene rings is 1. The maximum absolute atomic E-state index is 6.02. The van der Waals surface area contributed by atoms with Gasteiger partial charge in [-0.1, -0.05) is 18.2 Å². The van der Waals surface area contributed by atoms with Crippen molar-refractivity contribution in [3.63, 3.8) is 0 Å². The van der Waals surface area contributed by atoms with E-state index in [0.29, 0.717) is 12.6 Å². The summed E-state index contributed by atoms with van der Waals surface area (Å²) in [4.78, 5) is 7.30. The van der Waals surface area contributed by atoms with Crippen LogP contribution in [0.1, 0.15) is 38.2 Å². The monoisotopic (exact) mass is 388 g/mol. The second-order valence-corrected chi connectivity index (χ2v) is 7.81. The molecule has 2 aliphatic rings. The van der Waals surface area contributed by atoms with E-state index in [2.05, 4.69) is 40.7 Å². The van der Waals surface area contributed by atoms with Crippen LogP contribution < -0.4 is 15.4 Å². The van der Waals surface area contributed by atoms with Crippen LogP contribution in [0, 0.1) is 5.92 Å². The number of nitrogens with zero attached hydrogens (tertiary/aromatic N) is 2. The van der Waals surface area contributed by atoms with Gasteiger partial charge >= 0.3 is 0 Å². The van der Waals surface area contributed by atoms with Gasteiger partial charge in [0.1, 0.15) is 5.75 Å². The highest BCUT2D eigenvalue weighted by molar-refractivity contribution is 5.80. The maximum Gasteiger partial charge on any atom is 0.191 e. The number of para-hydroxylation sites is 1. The molecule has 1 saturated heterocycles. The molecule has 2 fully saturated rings. The molecule has 156 valence electrons. The molecule has 0 amide bonds. The third-order valence-electron chi connectivity index (χ3n) is 5.44. The Morgan fingerprint density at radius 2 is 1.96 bits per heavy atom. The molecule has 1 heterocycles. The van der Waals surface area contributed by atoms with Crippen molar-refractivity contribution in [2.24, 2.45) is 10.9 Å². The minimum Gasteiger partial charge on any atom is -0.493 e. The molecule has 1 saturated carbocycles. The Bertz CT molecular complexity index is 610. The highest BCUT2D eigenvalue weighted by Gasteiger charge is 2.22. The maximum atomic E-state index is 6.02. The van der Waals surface area contributed by atoms with Crippen LogP contribution in [0.2, 0.25) is 0 Å². The number of hydrogen-bond acceptors (Lipinski definition) is 4. The predicted molar refractivity (Wildman–Crippen MR) is 114 cm³/mol. The normalized spacial score (nSPS) is 18.9. The standard InChI is InChI=1S/C22H36N4O2/c1-3-23-22(25-20-10-12-26(13-11-20)14-15-27-2)24-16-19-6-4-5-7-21(19)28-17-18-8-9-18/h4-7,18,20H,3,8-17H2,1-2H3,(H2,23,24,25). The quantitative estimate of drug-likeness (QED) is 0.477. The van der Waals surface area contributed by atoms with Gasteiger partial charge in [0.2, 0.25) is 0 Å². The SMILES string of the molecule is CCNC(=NCc1ccccc1OCC1CC1)NC1CCN(CCOC)CC1. The summed E-state index contributed by atoms with van der Waals surface area (Å²) in [6.45, 7) is 8.48. The molecule has 2 N–H and O–H groups in total. The Labute approximate surface area is 169 Å². The molecular weight excluding hydrogens is 352 g/mol. The van der Waals surface area contributed by atoms with Crippen LogP contribution in [0.15, 0.2) is 29.3 Å². The van der Waals surface area contributed by atoms with Gasteiger partial charge < -0.3 is 25.0 Å². The Balaban J connectivity index is 1.51. The Morgan fingerprint density at radius 3 is 2.68 bits per heavy atom. The van der Waals surface area contributed by atoms with Crippen molar-refractivity contribution in [1.29, 1.82) is 0 Å². The van der Waals surface area contributed by atoms with Gasteiger partial charge in [0, 0.05) is 44.9 Å². The molecule has 3 rings (SSSR count). The zero-order valence-electron chi connectivity index (χ0n) is 17.5. The minimum atomic E-state index is 0.470. The van der Waals surface area contributed by atoms with Crippen molar-refractivity contribution in [2.75, 3.05) is 46.5 Å². The number of piperidine rings is 1. The topological polar surface area (TPSA) is 58.1 Å². The molecule has 0 aromatic heterocycles. The number of hydrogen-bond donors (Lipinski definition) is 2. The van der Waals surface area contributed by atoms with Crippen molar-refractivity contribution < 1.29 is 9.47 Å². The number of guanidine groups is 1. The van der Waals surface area contributed by atoms with Crippen LogP contribution >= 0.6 is 0 Å². The lowest BCUT2D eigenvalue weighted by Gasteiger charge is -2.32. The van der Waals surface area contributed by atoms with E-state index in [1.807, 2.05) is 6.07 Å². The molecule has 0 spiro atoms. The van der Waals surface area contributed by atoms with Crippen LogP contribution in [0.5, 0.6) is 5.75 Å². The van der Waals surface area contributed by atoms with Crippen molar-refractivity contribution in [1.82, 2.24) is 15.5 Å². The number of rotatable bonds is 10. The average molecular weight is 389 g/mol. The molecule has 6 nitrogen and oxygen atoms in total. The molecule has 1 aromatic rings. The van der Waals surface area contributed by atoms with Crippen molar-refractivity contribution >= 4 is 5.96 Å². The van der Waals surface area contributed by atoms with Gasteiger partial charge in [-0.15, -0.1) is 0 Å². The molecule has 1 aliphatic carbocycles. The van der Waals surface area contributed by atoms with Gasteiger partial charge in [0.25, 0.3) is 0 Å². The van der Waals surface area contributed by atoms with Crippen LogP contribution in [-0.2, 0) is 11.3 Å². The van der Waals surface area contributed by atoms with Gasteiger partial charge in [0.05, 0.1) is 19.8 Å². The van der Waals surface area contributed by atoms with E-state index >= 15 is 0 Å². The van der Waals surface area contributed by atoms with Gasteiger partial charge in [0.15, 0.2) is 5.96 Å². The lowest BCUT2D eigenvalue weighted by Crippen LogP contribution is -2.49. The predicted octanol–water partition coefficient (Wildman–Crippen LogP) is 2.64. The molecular formula is C22H36N4O2. The Hall–Kier alpha value is -1.79. The number of nitrogens with one attached hydrogen (secondary N) is 2. The highest BCUT2D eigenvalue weighted by atomic mass is 16.5. The number of aliphatic imine (C=N–C) groups is 1. The Kier molecular flexibility index (Phi) is 8.42. The van der Waals surface area contributed by atoms with Crippen LogP contribution in [0.4, 0.5) is 0 Å². The number of methoxy groups -OCH3 is 1. The first-order valence-corrected chi connectivity index (χ1v) is 10.7. The first kappa shape index (κ1) is 20.9. The molecule has 1 aromatic carbocycles. The summed E-state index contributed by atoms with van der Waals surface area (Å²) < 4.78 is 11.2. The summed E-state index contributed by atoms with van der Waals surface area (Å²) in [5.41, 5.74) is 1.15. The van der Waals surface area contributed by atoms with E-state index in [0.717, 1.165) is 75.4 Å². The van der Waals surface area contributed by atoms with Gasteiger partial charge in [-0.3, -0.25) is 0 Å². The van der Waals surface area contributed by atoms with E-state index in [1.165, 1.54) is 12.8 Å². The van der Waals surface area contributed by atoms with Crippen LogP contribution in [0.25, 0.3) is 0 Å². The highest BCUT2D eigenvalue weighted by Crippen LogP contribution is 2.30. The summed E-state index contributed by atoms with van der Waals surface area (Å²) in [6.07, 6.45) is 4.88. The lowest BCUT2D eigenvalue weighted by atomic mass is 10.1. The summed E-state index contributed by atoms with van der Waals surface area (Å²) in [6, 6.07) is 8.74. The van der Waals surface area contributed by atoms with Crippen molar-refractivity contribution in [3.8, 4) is 5.75 Å². The molecule has 0 atom stereocenters. The molecule has 0 unspecified atom stereocenters. The molecule has 1 aliphatic heterocycles. The molecule has 28 heavy (non-hydrogen) atoms. The fourth-order valence-electron chi connectivity index (χ4n) is 3.47. The summed E-state index contributed by atoms with van der Waals surface area (Å²) in [5, 5.41) is 7.01. The zero-order valence-corrected chi connectivity index (χ0v) is 17.5. The minimum absolute atomic E-state index is 0.470. The molecule has 6 heteroatoms. The van der Waals surface area contributed by atoms with Gasteiger partial charge in [-0.25, -0.2) is 4.99 Å². The average Bonchev–Trinajstić information content (AvgIpc) is 3.55. The van der Waals surface area contributed by atoms with E-state index in [1.54, 1.807) is 7.11 Å². The molecule has 0 bridgehead atoms. The number of likely N-dealkylation sites (tertiary alicyclic amines) is 1. The van der Waals surface area contributed by atoms with E-state index in [-0.39, 0.29) is 0 Å². The fraction of sp³-hybridized carbons (Fsp3) is 0.682. The van der Waals surface area contributed by atoms with E-state index < -0.39 is 0 Å². The zero-order chi connectivity index (χ0) is 19.6. The van der Waals surface area contributed by atoms with Crippen LogP contribution in [0.3, 0.4) is 0 Å². The smallest absolute Gasteiger partial charge is 0.191 e. The lowest BCUT2D eigenvalue weighted by molar-refractivity contribution is 0.128. The summed E-state index contributed by atoms with van der Waals surface area (Å²) >= 11 is 0. The van der Waals surface area contributed by atoms with E-state index in [9.17, 15) is 0 Å². The second kappa shape index (κ2) is 11.3. The fourth-order valence-corrected chi connectivity index (χ4v) is 3.47.